The van der Waals surface area contributed by atoms with Gasteiger partial charge in [-0.25, -0.2) is 15.0 Å². The van der Waals surface area contributed by atoms with Crippen LogP contribution in [0.2, 0.25) is 0 Å². The average molecular weight is 543 g/mol. The van der Waals surface area contributed by atoms with Crippen LogP contribution < -0.4 is 30.3 Å². The van der Waals surface area contributed by atoms with Gasteiger partial charge in [-0.05, 0) is 30.7 Å². The summed E-state index contributed by atoms with van der Waals surface area (Å²) in [5.41, 5.74) is 2.87. The number of methoxy groups -OCH3 is 3. The molecule has 15 nitrogen and oxygen atoms in total. The van der Waals surface area contributed by atoms with Crippen molar-refractivity contribution in [2.75, 3.05) is 27.9 Å². The van der Waals surface area contributed by atoms with E-state index in [1.807, 2.05) is 0 Å². The lowest BCUT2D eigenvalue weighted by Crippen LogP contribution is -2.45. The number of aromatic hydroxyl groups is 1. The first-order valence-corrected chi connectivity index (χ1v) is 11.1. The number of esters is 1. The predicted molar refractivity (Wildman–Crippen MR) is 135 cm³/mol. The highest BCUT2D eigenvalue weighted by Crippen LogP contribution is 2.37. The van der Waals surface area contributed by atoms with Crippen molar-refractivity contribution in [1.29, 1.82) is 0 Å². The maximum absolute atomic E-state index is 12.3. The molecular formula is C24H25N5O10. The summed E-state index contributed by atoms with van der Waals surface area (Å²) in [6.45, 7) is 1.11. The fourth-order valence-corrected chi connectivity index (χ4v) is 3.64. The normalized spacial score (nSPS) is 14.8. The van der Waals surface area contributed by atoms with Crippen LogP contribution in [0.4, 0.5) is 10.5 Å². The molecule has 2 aromatic rings. The van der Waals surface area contributed by atoms with E-state index >= 15 is 0 Å². The Labute approximate surface area is 221 Å². The Morgan fingerprint density at radius 3 is 2.51 bits per heavy atom. The Morgan fingerprint density at radius 2 is 1.87 bits per heavy atom. The summed E-state index contributed by atoms with van der Waals surface area (Å²) in [4.78, 5) is 46.9. The van der Waals surface area contributed by atoms with Crippen molar-refractivity contribution in [2.24, 2.45) is 5.10 Å². The Bertz CT molecular complexity index is 1370. The second-order valence-electron chi connectivity index (χ2n) is 7.90. The largest absolute Gasteiger partial charge is 0.500 e. The summed E-state index contributed by atoms with van der Waals surface area (Å²) in [5, 5.41) is 29.9. The summed E-state index contributed by atoms with van der Waals surface area (Å²) in [7, 11) is 3.84. The van der Waals surface area contributed by atoms with Crippen LogP contribution in [0.15, 0.2) is 46.7 Å². The monoisotopic (exact) mass is 543 g/mol. The zero-order valence-corrected chi connectivity index (χ0v) is 21.3. The van der Waals surface area contributed by atoms with Crippen molar-refractivity contribution < 1.29 is 43.4 Å². The third kappa shape index (κ3) is 6.51. The van der Waals surface area contributed by atoms with Crippen molar-refractivity contribution >= 4 is 29.8 Å². The van der Waals surface area contributed by atoms with Crippen LogP contribution in [0.1, 0.15) is 24.1 Å². The van der Waals surface area contributed by atoms with E-state index in [1.54, 1.807) is 19.1 Å². The third-order valence-electron chi connectivity index (χ3n) is 5.45. The van der Waals surface area contributed by atoms with E-state index in [4.69, 9.17) is 18.9 Å². The number of hydrazone groups is 1. The number of nitrogens with one attached hydrogen (secondary N) is 3. The van der Waals surface area contributed by atoms with Crippen LogP contribution in [0.25, 0.3) is 0 Å². The number of carbonyl (C=O) groups excluding carboxylic acids is 3. The number of rotatable bonds is 10. The van der Waals surface area contributed by atoms with Crippen LogP contribution in [-0.4, -0.2) is 62.1 Å². The first kappa shape index (κ1) is 28.2. The number of phenols is 1. The fraction of sp³-hybridized carbons (Fsp3) is 0.250. The number of ether oxygens (including phenoxy) is 4. The molecule has 4 N–H and O–H groups in total. The number of nitro benzene ring substituents is 1. The molecule has 1 atom stereocenters. The maximum atomic E-state index is 12.3. The molecule has 2 aromatic carbocycles. The molecule has 206 valence electrons. The Balaban J connectivity index is 1.69. The number of hydrogen-bond acceptors (Lipinski definition) is 11. The molecule has 3 rings (SSSR count). The number of benzene rings is 2. The minimum atomic E-state index is -0.818. The summed E-state index contributed by atoms with van der Waals surface area (Å²) in [6, 6.07) is 5.68. The van der Waals surface area contributed by atoms with Gasteiger partial charge in [-0.1, -0.05) is 6.07 Å². The van der Waals surface area contributed by atoms with E-state index in [0.717, 1.165) is 12.3 Å². The topological polar surface area (TPSA) is 200 Å². The zero-order chi connectivity index (χ0) is 28.7. The van der Waals surface area contributed by atoms with E-state index in [-0.39, 0.29) is 28.4 Å². The van der Waals surface area contributed by atoms with Gasteiger partial charge in [-0.15, -0.1) is 0 Å². The first-order chi connectivity index (χ1) is 18.6. The number of allylic oxidation sites excluding steroid dienone is 1. The number of phenolic OH excluding ortho intramolecular Hbond substituents is 1. The van der Waals surface area contributed by atoms with Gasteiger partial charge in [0.1, 0.15) is 0 Å². The quantitative estimate of drug-likeness (QED) is 0.148. The van der Waals surface area contributed by atoms with E-state index in [2.05, 4.69) is 21.2 Å². The highest BCUT2D eigenvalue weighted by molar-refractivity contribution is 5.95. The van der Waals surface area contributed by atoms with Gasteiger partial charge >= 0.3 is 17.7 Å². The number of amides is 3. The predicted octanol–water partition coefficient (Wildman–Crippen LogP) is 1.65. The van der Waals surface area contributed by atoms with Crippen molar-refractivity contribution in [2.45, 2.75) is 13.0 Å². The molecule has 0 bridgehead atoms. The molecule has 0 unspecified atom stereocenters. The Hall–Kier alpha value is -5.34. The lowest BCUT2D eigenvalue weighted by molar-refractivity contribution is -0.386. The van der Waals surface area contributed by atoms with Crippen molar-refractivity contribution in [1.82, 2.24) is 16.1 Å². The minimum absolute atomic E-state index is 0.135. The third-order valence-corrected chi connectivity index (χ3v) is 5.45. The van der Waals surface area contributed by atoms with Crippen molar-refractivity contribution in [3.63, 3.8) is 0 Å². The van der Waals surface area contributed by atoms with E-state index in [9.17, 15) is 29.6 Å². The first-order valence-electron chi connectivity index (χ1n) is 11.1. The molecule has 0 spiro atoms. The molecule has 1 aliphatic rings. The number of urea groups is 1. The van der Waals surface area contributed by atoms with Crippen LogP contribution >= 0.6 is 0 Å². The van der Waals surface area contributed by atoms with Crippen LogP contribution in [0.5, 0.6) is 23.0 Å². The summed E-state index contributed by atoms with van der Waals surface area (Å²) in [6.07, 6.45) is 1.13. The summed E-state index contributed by atoms with van der Waals surface area (Å²) >= 11 is 0. The van der Waals surface area contributed by atoms with Crippen molar-refractivity contribution in [3.8, 4) is 23.0 Å². The van der Waals surface area contributed by atoms with Gasteiger partial charge in [-0.3, -0.25) is 14.9 Å². The van der Waals surface area contributed by atoms with Gasteiger partial charge in [0.25, 0.3) is 5.91 Å². The minimum Gasteiger partial charge on any atom is -0.500 e. The van der Waals surface area contributed by atoms with Gasteiger partial charge in [0.2, 0.25) is 5.75 Å². The second-order valence-corrected chi connectivity index (χ2v) is 7.90. The number of nitro groups is 1. The Kier molecular flexibility index (Phi) is 8.88. The smallest absolute Gasteiger partial charge is 0.337 e. The highest BCUT2D eigenvalue weighted by atomic mass is 16.6. The van der Waals surface area contributed by atoms with E-state index < -0.39 is 46.9 Å². The van der Waals surface area contributed by atoms with Gasteiger partial charge in [0.05, 0.1) is 44.1 Å². The van der Waals surface area contributed by atoms with E-state index in [1.165, 1.54) is 33.5 Å². The van der Waals surface area contributed by atoms with Gasteiger partial charge in [0.15, 0.2) is 23.9 Å². The summed E-state index contributed by atoms with van der Waals surface area (Å²) in [5.74, 6) is -1.63. The zero-order valence-electron chi connectivity index (χ0n) is 21.3. The molecule has 0 aromatic heterocycles. The molecule has 15 heteroatoms. The summed E-state index contributed by atoms with van der Waals surface area (Å²) < 4.78 is 20.6. The van der Waals surface area contributed by atoms with Crippen LogP contribution in [0, 0.1) is 10.1 Å². The van der Waals surface area contributed by atoms with Gasteiger partial charge < -0.3 is 34.7 Å². The molecule has 0 fully saturated rings. The second kappa shape index (κ2) is 12.3. The highest BCUT2D eigenvalue weighted by Gasteiger charge is 2.32. The van der Waals surface area contributed by atoms with Crippen LogP contribution in [0.3, 0.4) is 0 Å². The molecule has 0 saturated heterocycles. The lowest BCUT2D eigenvalue weighted by atomic mass is 9.95. The lowest BCUT2D eigenvalue weighted by Gasteiger charge is -2.28. The maximum Gasteiger partial charge on any atom is 0.337 e. The van der Waals surface area contributed by atoms with Gasteiger partial charge in [-0.2, -0.15) is 5.10 Å². The molecule has 0 saturated carbocycles. The number of hydrogen-bond donors (Lipinski definition) is 4. The molecule has 1 heterocycles. The molecule has 39 heavy (non-hydrogen) atoms. The van der Waals surface area contributed by atoms with Gasteiger partial charge in [0, 0.05) is 17.3 Å². The average Bonchev–Trinajstić information content (AvgIpc) is 2.91. The molecule has 1 aliphatic heterocycles. The van der Waals surface area contributed by atoms with Crippen molar-refractivity contribution in [3.05, 3.63) is 62.8 Å². The SMILES string of the molecule is COC(=O)C1=C(C)NC(=O)N[C@H]1c1ccc(OCC(=O)N/N=C\c2cc(OC)c(O)c([N+](=O)[O-])c2)c(OC)c1. The molecule has 3 amide bonds. The van der Waals surface area contributed by atoms with E-state index in [0.29, 0.717) is 11.3 Å². The number of carbonyl (C=O) groups is 3. The fourth-order valence-electron chi connectivity index (χ4n) is 3.64. The molecule has 0 radical (unpaired) electrons. The van der Waals surface area contributed by atoms with Crippen LogP contribution in [-0.2, 0) is 14.3 Å². The molecule has 0 aliphatic carbocycles. The standard InChI is InChI=1S/C24H25N5O10/c1-12-20(23(32)38-4)21(27-24(33)26-12)14-5-6-16(17(9-14)36-2)39-11-19(30)28-25-10-13-7-15(29(34)35)22(31)18(8-13)37-3/h5-10,21,31H,11H2,1-4H3,(H,28,30)(H2,26,27,33)/b25-10-/t21-/m0/s1. The Morgan fingerprint density at radius 1 is 1.15 bits per heavy atom. The molecular weight excluding hydrogens is 518 g/mol. The number of nitrogens with zero attached hydrogens (tertiary/aromatic N) is 2.